The molecule has 23 heavy (non-hydrogen) atoms. The Labute approximate surface area is 139 Å². The topological polar surface area (TPSA) is 79.0 Å². The van der Waals surface area contributed by atoms with Crippen molar-refractivity contribution in [1.29, 1.82) is 0 Å². The monoisotopic (exact) mass is 334 g/mol. The molecule has 1 unspecified atom stereocenters. The molecule has 7 heteroatoms. The fraction of sp³-hybridized carbons (Fsp3) is 0.375. The molecule has 2 aromatic rings. The molecule has 0 aliphatic carbocycles. The molecular weight excluding hydrogens is 316 g/mol. The number of nitrogens with zero attached hydrogens (tertiary/aromatic N) is 1. The quantitative estimate of drug-likeness (QED) is 0.780. The minimum atomic E-state index is -0.202. The number of hydrogen-bond acceptors (Lipinski definition) is 4. The number of H-pyrrole nitrogens is 1. The van der Waals surface area contributed by atoms with E-state index in [-0.39, 0.29) is 12.0 Å². The van der Waals surface area contributed by atoms with Gasteiger partial charge in [0.1, 0.15) is 11.9 Å². The SMILES string of the molecule is CC(CNC(=O)c1n[nH]c2c1CNCC2)Oc1ccccc1Cl. The van der Waals surface area contributed by atoms with E-state index in [0.717, 1.165) is 24.2 Å². The lowest BCUT2D eigenvalue weighted by molar-refractivity contribution is 0.0926. The van der Waals surface area contributed by atoms with Crippen molar-refractivity contribution >= 4 is 17.5 Å². The number of carbonyl (C=O) groups is 1. The maximum absolute atomic E-state index is 12.3. The van der Waals surface area contributed by atoms with Crippen LogP contribution in [0.2, 0.25) is 5.02 Å². The minimum Gasteiger partial charge on any atom is -0.487 e. The summed E-state index contributed by atoms with van der Waals surface area (Å²) in [6.45, 7) is 3.82. The second kappa shape index (κ2) is 7.02. The molecule has 0 fully saturated rings. The molecule has 1 aromatic carbocycles. The Morgan fingerprint density at radius 3 is 3.13 bits per heavy atom. The van der Waals surface area contributed by atoms with E-state index in [4.69, 9.17) is 16.3 Å². The van der Waals surface area contributed by atoms with Crippen LogP contribution in [0.5, 0.6) is 5.75 Å². The Bertz CT molecular complexity index is 701. The molecule has 1 aliphatic rings. The van der Waals surface area contributed by atoms with Gasteiger partial charge in [-0.05, 0) is 19.1 Å². The number of ether oxygens (including phenoxy) is 1. The summed E-state index contributed by atoms with van der Waals surface area (Å²) in [7, 11) is 0. The summed E-state index contributed by atoms with van der Waals surface area (Å²) in [6.07, 6.45) is 0.661. The molecule has 122 valence electrons. The number of halogens is 1. The van der Waals surface area contributed by atoms with E-state index < -0.39 is 0 Å². The first-order valence-corrected chi connectivity index (χ1v) is 7.99. The molecule has 1 aromatic heterocycles. The largest absolute Gasteiger partial charge is 0.487 e. The third-order valence-electron chi connectivity index (χ3n) is 3.74. The molecule has 6 nitrogen and oxygen atoms in total. The Kier molecular flexibility index (Phi) is 4.83. The summed E-state index contributed by atoms with van der Waals surface area (Å²) in [5.74, 6) is 0.415. The Morgan fingerprint density at radius 2 is 2.30 bits per heavy atom. The van der Waals surface area contributed by atoms with Gasteiger partial charge in [0.05, 0.1) is 11.6 Å². The van der Waals surface area contributed by atoms with Crippen LogP contribution in [0.3, 0.4) is 0 Å². The number of amides is 1. The van der Waals surface area contributed by atoms with E-state index in [1.54, 1.807) is 12.1 Å². The highest BCUT2D eigenvalue weighted by molar-refractivity contribution is 6.32. The van der Waals surface area contributed by atoms with Crippen molar-refractivity contribution in [2.45, 2.75) is 26.0 Å². The zero-order valence-electron chi connectivity index (χ0n) is 12.9. The smallest absolute Gasteiger partial charge is 0.272 e. The van der Waals surface area contributed by atoms with Crippen LogP contribution >= 0.6 is 11.6 Å². The minimum absolute atomic E-state index is 0.194. The number of carbonyl (C=O) groups excluding carboxylic acids is 1. The lowest BCUT2D eigenvalue weighted by atomic mass is 10.1. The lowest BCUT2D eigenvalue weighted by Gasteiger charge is -2.16. The van der Waals surface area contributed by atoms with Gasteiger partial charge in [0, 0.05) is 30.8 Å². The van der Waals surface area contributed by atoms with Crippen molar-refractivity contribution in [1.82, 2.24) is 20.8 Å². The lowest BCUT2D eigenvalue weighted by Crippen LogP contribution is -2.35. The fourth-order valence-corrected chi connectivity index (χ4v) is 2.71. The van der Waals surface area contributed by atoms with Crippen LogP contribution < -0.4 is 15.4 Å². The highest BCUT2D eigenvalue weighted by Crippen LogP contribution is 2.24. The normalized spacial score (nSPS) is 14.9. The van der Waals surface area contributed by atoms with Gasteiger partial charge < -0.3 is 15.4 Å². The van der Waals surface area contributed by atoms with Crippen LogP contribution in [0.15, 0.2) is 24.3 Å². The number of aromatic amines is 1. The van der Waals surface area contributed by atoms with E-state index in [9.17, 15) is 4.79 Å². The molecule has 0 saturated carbocycles. The number of aromatic nitrogens is 2. The standard InChI is InChI=1S/C16H19ClN4O2/c1-10(23-14-5-3-2-4-12(14)17)8-19-16(22)15-11-9-18-7-6-13(11)20-21-15/h2-5,10,18H,6-9H2,1H3,(H,19,22)(H,20,21). The summed E-state index contributed by atoms with van der Waals surface area (Å²) < 4.78 is 5.74. The summed E-state index contributed by atoms with van der Waals surface area (Å²) >= 11 is 6.06. The highest BCUT2D eigenvalue weighted by atomic mass is 35.5. The third kappa shape index (κ3) is 3.65. The second-order valence-corrected chi connectivity index (χ2v) is 5.93. The van der Waals surface area contributed by atoms with E-state index in [0.29, 0.717) is 29.6 Å². The average Bonchev–Trinajstić information content (AvgIpc) is 2.99. The first kappa shape index (κ1) is 15.8. The molecule has 3 N–H and O–H groups in total. The predicted molar refractivity (Wildman–Crippen MR) is 87.9 cm³/mol. The van der Waals surface area contributed by atoms with Crippen LogP contribution in [-0.4, -0.2) is 35.3 Å². The van der Waals surface area contributed by atoms with Crippen LogP contribution in [-0.2, 0) is 13.0 Å². The van der Waals surface area contributed by atoms with Crippen molar-refractivity contribution in [3.8, 4) is 5.75 Å². The van der Waals surface area contributed by atoms with Crippen molar-refractivity contribution in [2.24, 2.45) is 0 Å². The number of fused-ring (bicyclic) bond motifs is 1. The number of para-hydroxylation sites is 1. The molecule has 0 spiro atoms. The molecule has 1 aliphatic heterocycles. The van der Waals surface area contributed by atoms with Crippen LogP contribution in [0.4, 0.5) is 0 Å². The van der Waals surface area contributed by atoms with Crippen LogP contribution in [0.25, 0.3) is 0 Å². The third-order valence-corrected chi connectivity index (χ3v) is 4.05. The van der Waals surface area contributed by atoms with Crippen LogP contribution in [0, 0.1) is 0 Å². The summed E-state index contributed by atoms with van der Waals surface area (Å²) in [5.41, 5.74) is 2.44. The van der Waals surface area contributed by atoms with E-state index in [1.807, 2.05) is 19.1 Å². The van der Waals surface area contributed by atoms with Crippen molar-refractivity contribution < 1.29 is 9.53 Å². The second-order valence-electron chi connectivity index (χ2n) is 5.53. The summed E-state index contributed by atoms with van der Waals surface area (Å²) in [6, 6.07) is 7.27. The van der Waals surface area contributed by atoms with Crippen molar-refractivity contribution in [2.75, 3.05) is 13.1 Å². The zero-order chi connectivity index (χ0) is 16.2. The van der Waals surface area contributed by atoms with Gasteiger partial charge in [0.15, 0.2) is 5.69 Å². The average molecular weight is 335 g/mol. The van der Waals surface area contributed by atoms with Gasteiger partial charge in [0.25, 0.3) is 5.91 Å². The van der Waals surface area contributed by atoms with Gasteiger partial charge in [-0.1, -0.05) is 23.7 Å². The van der Waals surface area contributed by atoms with Gasteiger partial charge in [-0.25, -0.2) is 0 Å². The molecule has 0 radical (unpaired) electrons. The van der Waals surface area contributed by atoms with Gasteiger partial charge in [0.2, 0.25) is 0 Å². The number of nitrogens with one attached hydrogen (secondary N) is 3. The molecule has 1 atom stereocenters. The molecule has 1 amide bonds. The molecule has 3 rings (SSSR count). The van der Waals surface area contributed by atoms with Crippen molar-refractivity contribution in [3.05, 3.63) is 46.2 Å². The first-order valence-electron chi connectivity index (χ1n) is 7.61. The first-order chi connectivity index (χ1) is 11.1. The molecular formula is C16H19ClN4O2. The zero-order valence-corrected chi connectivity index (χ0v) is 13.6. The van der Waals surface area contributed by atoms with E-state index >= 15 is 0 Å². The maximum Gasteiger partial charge on any atom is 0.272 e. The number of rotatable bonds is 5. The van der Waals surface area contributed by atoms with E-state index in [1.165, 1.54) is 0 Å². The number of benzene rings is 1. The molecule has 0 bridgehead atoms. The molecule has 2 heterocycles. The maximum atomic E-state index is 12.3. The Hall–Kier alpha value is -2.05. The highest BCUT2D eigenvalue weighted by Gasteiger charge is 2.21. The number of hydrogen-bond donors (Lipinski definition) is 3. The van der Waals surface area contributed by atoms with Gasteiger partial charge in [-0.15, -0.1) is 0 Å². The fourth-order valence-electron chi connectivity index (χ4n) is 2.53. The molecule has 0 saturated heterocycles. The van der Waals surface area contributed by atoms with Gasteiger partial charge in [-0.3, -0.25) is 9.89 Å². The summed E-state index contributed by atoms with van der Waals surface area (Å²) in [5, 5.41) is 13.7. The summed E-state index contributed by atoms with van der Waals surface area (Å²) in [4.78, 5) is 12.3. The van der Waals surface area contributed by atoms with Gasteiger partial charge in [-0.2, -0.15) is 5.10 Å². The Morgan fingerprint density at radius 1 is 1.48 bits per heavy atom. The van der Waals surface area contributed by atoms with Crippen molar-refractivity contribution in [3.63, 3.8) is 0 Å². The Balaban J connectivity index is 1.57. The van der Waals surface area contributed by atoms with E-state index in [2.05, 4.69) is 20.8 Å². The van der Waals surface area contributed by atoms with Crippen LogP contribution in [0.1, 0.15) is 28.7 Å². The van der Waals surface area contributed by atoms with Gasteiger partial charge >= 0.3 is 0 Å². The predicted octanol–water partition coefficient (Wildman–Crippen LogP) is 1.91.